The van der Waals surface area contributed by atoms with E-state index in [1.807, 2.05) is 12.3 Å². The molecule has 3 atom stereocenters. The lowest BCUT2D eigenvalue weighted by molar-refractivity contribution is -0.153. The molecule has 10 nitrogen and oxygen atoms in total. The van der Waals surface area contributed by atoms with Crippen molar-refractivity contribution in [3.05, 3.63) is 30.0 Å². The van der Waals surface area contributed by atoms with Gasteiger partial charge in [0.15, 0.2) is 5.12 Å². The Morgan fingerprint density at radius 2 is 1.95 bits per heavy atom. The highest BCUT2D eigenvalue weighted by Crippen LogP contribution is 2.16. The van der Waals surface area contributed by atoms with Crippen molar-refractivity contribution in [1.29, 1.82) is 0 Å². The summed E-state index contributed by atoms with van der Waals surface area (Å²) in [7, 11) is 0. The molecule has 12 heteroatoms. The van der Waals surface area contributed by atoms with Crippen LogP contribution in [0.1, 0.15) is 90.6 Å². The summed E-state index contributed by atoms with van der Waals surface area (Å²) in [6, 6.07) is -1.71. The number of oxazole rings is 1. The number of hydrogen-bond acceptors (Lipinski definition) is 10. The van der Waals surface area contributed by atoms with E-state index < -0.39 is 30.1 Å². The Balaban J connectivity index is 2.09. The molecule has 41 heavy (non-hydrogen) atoms. The third kappa shape index (κ3) is 12.8. The lowest BCUT2D eigenvalue weighted by Gasteiger charge is -2.24. The third-order valence-electron chi connectivity index (χ3n) is 6.35. The number of nitrogens with zero attached hydrogens (tertiary/aromatic N) is 2. The molecule has 2 rings (SSSR count). The zero-order valence-corrected chi connectivity index (χ0v) is 26.4. The van der Waals surface area contributed by atoms with Gasteiger partial charge in [-0.15, -0.1) is 11.8 Å². The zero-order chi connectivity index (χ0) is 30.2. The van der Waals surface area contributed by atoms with E-state index in [2.05, 4.69) is 27.5 Å². The number of nitrogens with one attached hydrogen (secondary N) is 2. The molecule has 0 spiro atoms. The van der Waals surface area contributed by atoms with Crippen LogP contribution in [0.4, 0.5) is 0 Å². The highest BCUT2D eigenvalue weighted by Gasteiger charge is 2.30. The van der Waals surface area contributed by atoms with Gasteiger partial charge < -0.3 is 19.8 Å². The molecule has 228 valence electrons. The molecule has 1 aromatic rings. The number of carbonyl (C=O) groups is 4. The van der Waals surface area contributed by atoms with Crippen LogP contribution in [0.25, 0.3) is 0 Å². The van der Waals surface area contributed by atoms with E-state index in [0.717, 1.165) is 19.3 Å². The van der Waals surface area contributed by atoms with E-state index in [9.17, 15) is 19.2 Å². The van der Waals surface area contributed by atoms with E-state index in [1.165, 1.54) is 42.6 Å². The first kappa shape index (κ1) is 34.6. The smallest absolute Gasteiger partial charge is 0.329 e. The van der Waals surface area contributed by atoms with Gasteiger partial charge in [0.25, 0.3) is 0 Å². The number of aromatic nitrogens is 1. The number of carbonyl (C=O) groups excluding carboxylic acids is 4. The number of ether oxygens (including phenoxy) is 1. The van der Waals surface area contributed by atoms with Gasteiger partial charge in [0.05, 0.1) is 13.0 Å². The minimum atomic E-state index is -0.922. The number of allylic oxidation sites excluding steroid dienone is 1. The van der Waals surface area contributed by atoms with Crippen molar-refractivity contribution in [2.75, 3.05) is 12.0 Å². The van der Waals surface area contributed by atoms with Crippen LogP contribution >= 0.6 is 23.5 Å². The standard InChI is InChI=1S/C29H44N4O6S2/c1-6-7-8-9-10-14-25(35)41-15-12-11-13-21-16-23(34)30-17-24-32-22(18-38-24)28(40-5)31-20(4)27(36)33-26(19(2)3)29(37)39-21/h11,13,18-21,26H,6-10,12,14-17H2,1-5H3,(H,30,34)(H,33,36)/b13-11+,31-28-. The molecule has 2 bridgehead atoms. The van der Waals surface area contributed by atoms with Gasteiger partial charge in [0, 0.05) is 12.2 Å². The number of hydrogen-bond donors (Lipinski definition) is 2. The van der Waals surface area contributed by atoms with Crippen LogP contribution < -0.4 is 10.6 Å². The fraction of sp³-hybridized carbons (Fsp3) is 0.655. The van der Waals surface area contributed by atoms with Gasteiger partial charge in [-0.25, -0.2) is 9.78 Å². The van der Waals surface area contributed by atoms with Crippen LogP contribution in [-0.2, 0) is 30.5 Å². The molecule has 0 aromatic carbocycles. The summed E-state index contributed by atoms with van der Waals surface area (Å²) in [4.78, 5) is 59.8. The zero-order valence-electron chi connectivity index (χ0n) is 24.8. The molecule has 0 aliphatic carbocycles. The lowest BCUT2D eigenvalue weighted by Crippen LogP contribution is -2.49. The Morgan fingerprint density at radius 3 is 2.66 bits per heavy atom. The molecule has 2 amide bonds. The SMILES string of the molecule is CCCCCCCC(=O)SCC/C=C/C1CC(=O)NCc2nc(co2)/C(SC)=N/C(C)C(=O)NC(C(C)C)C(=O)O1. The van der Waals surface area contributed by atoms with Crippen LogP contribution in [0.5, 0.6) is 0 Å². The fourth-order valence-electron chi connectivity index (χ4n) is 3.95. The van der Waals surface area contributed by atoms with Crippen molar-refractivity contribution in [2.45, 2.75) is 104 Å². The van der Waals surface area contributed by atoms with Gasteiger partial charge in [-0.05, 0) is 38.0 Å². The second-order valence-electron chi connectivity index (χ2n) is 10.2. The number of amides is 2. The number of thioether (sulfide) groups is 2. The number of aliphatic imine (C=N–C) groups is 1. The summed E-state index contributed by atoms with van der Waals surface area (Å²) in [5, 5.41) is 6.18. The molecule has 1 aliphatic heterocycles. The molecule has 0 radical (unpaired) electrons. The summed E-state index contributed by atoms with van der Waals surface area (Å²) in [6.07, 6.45) is 12.4. The first-order chi connectivity index (χ1) is 19.6. The van der Waals surface area contributed by atoms with Crippen molar-refractivity contribution in [2.24, 2.45) is 10.9 Å². The van der Waals surface area contributed by atoms with Gasteiger partial charge in [0.1, 0.15) is 35.2 Å². The Bertz CT molecular complexity index is 1070. The Labute approximate surface area is 251 Å². The van der Waals surface area contributed by atoms with Crippen molar-refractivity contribution >= 4 is 51.5 Å². The van der Waals surface area contributed by atoms with Gasteiger partial charge in [-0.1, -0.05) is 64.3 Å². The largest absolute Gasteiger partial charge is 0.456 e. The molecule has 2 N–H and O–H groups in total. The number of rotatable bonds is 11. The van der Waals surface area contributed by atoms with Crippen molar-refractivity contribution < 1.29 is 28.3 Å². The lowest BCUT2D eigenvalue weighted by atomic mass is 10.0. The van der Waals surface area contributed by atoms with Crippen LogP contribution in [0.15, 0.2) is 27.8 Å². The fourth-order valence-corrected chi connectivity index (χ4v) is 5.29. The van der Waals surface area contributed by atoms with E-state index in [4.69, 9.17) is 9.15 Å². The monoisotopic (exact) mass is 608 g/mol. The number of unbranched alkanes of at least 4 members (excludes halogenated alkanes) is 4. The molecule has 0 saturated carbocycles. The van der Waals surface area contributed by atoms with Gasteiger partial charge >= 0.3 is 5.97 Å². The van der Waals surface area contributed by atoms with Crippen LogP contribution in [0.2, 0.25) is 0 Å². The molecule has 3 unspecified atom stereocenters. The summed E-state index contributed by atoms with van der Waals surface area (Å²) in [5.41, 5.74) is 0.460. The second-order valence-corrected chi connectivity index (χ2v) is 12.2. The molecular formula is C29H44N4O6S2. The Hall–Kier alpha value is -2.60. The highest BCUT2D eigenvalue weighted by molar-refractivity contribution is 8.14. The van der Waals surface area contributed by atoms with Crippen LogP contribution in [-0.4, -0.2) is 63.1 Å². The van der Waals surface area contributed by atoms with E-state index in [0.29, 0.717) is 29.3 Å². The second kappa shape index (κ2) is 18.8. The van der Waals surface area contributed by atoms with Crippen molar-refractivity contribution in [1.82, 2.24) is 15.6 Å². The van der Waals surface area contributed by atoms with Crippen molar-refractivity contribution in [3.63, 3.8) is 0 Å². The summed E-state index contributed by atoms with van der Waals surface area (Å²) in [5.74, 6) is -0.792. The third-order valence-corrected chi connectivity index (χ3v) is 8.01. The average Bonchev–Trinajstić information content (AvgIpc) is 3.41. The molecule has 0 saturated heterocycles. The predicted molar refractivity (Wildman–Crippen MR) is 164 cm³/mol. The van der Waals surface area contributed by atoms with Crippen LogP contribution in [0, 0.1) is 5.92 Å². The van der Waals surface area contributed by atoms with Gasteiger partial charge in [0.2, 0.25) is 17.7 Å². The van der Waals surface area contributed by atoms with E-state index in [1.54, 1.807) is 26.8 Å². The average molecular weight is 609 g/mol. The number of esters is 1. The quantitative estimate of drug-likeness (QED) is 0.206. The molecule has 1 aromatic heterocycles. The molecule has 2 heterocycles. The Kier molecular flexibility index (Phi) is 15.8. The topological polar surface area (TPSA) is 140 Å². The van der Waals surface area contributed by atoms with Gasteiger partial charge in [-0.2, -0.15) is 0 Å². The Morgan fingerprint density at radius 1 is 1.20 bits per heavy atom. The van der Waals surface area contributed by atoms with E-state index in [-0.39, 0.29) is 35.8 Å². The predicted octanol–water partition coefficient (Wildman–Crippen LogP) is 4.81. The molecule has 0 fully saturated rings. The maximum atomic E-state index is 13.2. The maximum Gasteiger partial charge on any atom is 0.329 e. The minimum Gasteiger partial charge on any atom is -0.456 e. The number of cyclic esters (lactones) is 1. The normalized spacial score (nSPS) is 22.2. The van der Waals surface area contributed by atoms with Crippen LogP contribution in [0.3, 0.4) is 0 Å². The first-order valence-electron chi connectivity index (χ1n) is 14.3. The van der Waals surface area contributed by atoms with Gasteiger partial charge in [-0.3, -0.25) is 19.4 Å². The maximum absolute atomic E-state index is 13.2. The number of fused-ring (bicyclic) bond motifs is 2. The summed E-state index contributed by atoms with van der Waals surface area (Å²) < 4.78 is 11.2. The first-order valence-corrected chi connectivity index (χ1v) is 16.5. The summed E-state index contributed by atoms with van der Waals surface area (Å²) in [6.45, 7) is 7.46. The van der Waals surface area contributed by atoms with E-state index >= 15 is 0 Å². The van der Waals surface area contributed by atoms with Crippen molar-refractivity contribution in [3.8, 4) is 0 Å². The molecular weight excluding hydrogens is 564 g/mol. The summed E-state index contributed by atoms with van der Waals surface area (Å²) >= 11 is 2.61. The molecule has 1 aliphatic rings. The highest BCUT2D eigenvalue weighted by atomic mass is 32.2. The minimum absolute atomic E-state index is 0.0483.